The zero-order chi connectivity index (χ0) is 33.3. The van der Waals surface area contributed by atoms with Crippen molar-refractivity contribution in [3.05, 3.63) is 39.4 Å². The maximum atomic E-state index is 13.0. The SMILES string of the molecule is COCOc1c(OC)c(C)cc2c1[C@@H]1C3[C@@H]4SCC(=O)C(=O)OC[C@@H](c5c6c(c(C)c(OC(C)=O)c54)OCO6)N3[C@@H](C#N)[C@H](C2)N1C. The van der Waals surface area contributed by atoms with Gasteiger partial charge in [0.15, 0.2) is 29.8 Å². The van der Waals surface area contributed by atoms with Gasteiger partial charge in [-0.25, -0.2) is 4.79 Å². The molecule has 13 nitrogen and oxygen atoms in total. The molecule has 1 unspecified atom stereocenters. The predicted molar refractivity (Wildman–Crippen MR) is 166 cm³/mol. The molecule has 0 aromatic heterocycles. The minimum atomic E-state index is -0.937. The van der Waals surface area contributed by atoms with Gasteiger partial charge in [-0.1, -0.05) is 6.07 Å². The molecular weight excluding hydrogens is 630 g/mol. The highest BCUT2D eigenvalue weighted by atomic mass is 32.2. The molecule has 5 heterocycles. The van der Waals surface area contributed by atoms with Crippen LogP contribution < -0.4 is 23.7 Å². The topological polar surface area (TPSA) is 146 Å². The average molecular weight is 666 g/mol. The maximum Gasteiger partial charge on any atom is 0.375 e. The number of thioether (sulfide) groups is 1. The summed E-state index contributed by atoms with van der Waals surface area (Å²) >= 11 is 1.25. The molecule has 0 N–H and O–H groups in total. The number of ketones is 1. The van der Waals surface area contributed by atoms with Crippen LogP contribution in [0, 0.1) is 25.2 Å². The summed E-state index contributed by atoms with van der Waals surface area (Å²) in [6, 6.07) is 2.11. The number of carbonyl (C=O) groups is 3. The number of rotatable bonds is 5. The molecule has 2 fully saturated rings. The number of carbonyl (C=O) groups excluding carboxylic acids is 3. The van der Waals surface area contributed by atoms with Crippen molar-refractivity contribution in [2.45, 2.75) is 62.7 Å². The van der Waals surface area contributed by atoms with Gasteiger partial charge in [0, 0.05) is 48.4 Å². The zero-order valence-corrected chi connectivity index (χ0v) is 27.7. The lowest BCUT2D eigenvalue weighted by Crippen LogP contribution is -2.69. The highest BCUT2D eigenvalue weighted by Gasteiger charge is 2.60. The summed E-state index contributed by atoms with van der Waals surface area (Å²) in [5, 5.41) is 10.3. The third kappa shape index (κ3) is 4.66. The van der Waals surface area contributed by atoms with E-state index in [0.717, 1.165) is 16.7 Å². The van der Waals surface area contributed by atoms with Crippen molar-refractivity contribution in [2.75, 3.05) is 47.2 Å². The number of aryl methyl sites for hydroxylation is 1. The fourth-order valence-electron chi connectivity index (χ4n) is 8.13. The van der Waals surface area contributed by atoms with Gasteiger partial charge in [-0.15, -0.1) is 11.8 Å². The normalized spacial score (nSPS) is 27.6. The first-order valence-electron chi connectivity index (χ1n) is 15.3. The van der Waals surface area contributed by atoms with E-state index in [2.05, 4.69) is 21.9 Å². The summed E-state index contributed by atoms with van der Waals surface area (Å²) in [4.78, 5) is 42.8. The molecule has 14 heteroatoms. The number of hydrogen-bond donors (Lipinski definition) is 0. The van der Waals surface area contributed by atoms with Gasteiger partial charge in [0.2, 0.25) is 12.6 Å². The van der Waals surface area contributed by atoms with E-state index in [1.165, 1.54) is 18.7 Å². The van der Waals surface area contributed by atoms with Crippen LogP contribution in [0.3, 0.4) is 0 Å². The lowest BCUT2D eigenvalue weighted by molar-refractivity contribution is -0.157. The summed E-state index contributed by atoms with van der Waals surface area (Å²) in [7, 11) is 5.14. The van der Waals surface area contributed by atoms with Crippen LogP contribution in [0.1, 0.15) is 57.6 Å². The molecular formula is C33H35N3O10S. The van der Waals surface area contributed by atoms with Crippen molar-refractivity contribution in [2.24, 2.45) is 0 Å². The summed E-state index contributed by atoms with van der Waals surface area (Å²) in [5.41, 5.74) is 4.64. The van der Waals surface area contributed by atoms with Crippen LogP contribution in [0.25, 0.3) is 0 Å². The Morgan fingerprint density at radius 3 is 2.55 bits per heavy atom. The maximum absolute atomic E-state index is 13.0. The van der Waals surface area contributed by atoms with E-state index >= 15 is 0 Å². The Morgan fingerprint density at radius 1 is 1.09 bits per heavy atom. The number of nitriles is 1. The first kappa shape index (κ1) is 31.6. The number of fused-ring (bicyclic) bond motifs is 9. The molecule has 5 aliphatic rings. The van der Waals surface area contributed by atoms with Gasteiger partial charge in [-0.2, -0.15) is 5.26 Å². The molecule has 0 aliphatic carbocycles. The van der Waals surface area contributed by atoms with E-state index < -0.39 is 47.1 Å². The molecule has 2 aromatic carbocycles. The molecule has 0 saturated carbocycles. The molecule has 6 atom stereocenters. The second kappa shape index (κ2) is 11.9. The van der Waals surface area contributed by atoms with Gasteiger partial charge in [0.1, 0.15) is 18.4 Å². The summed E-state index contributed by atoms with van der Waals surface area (Å²) in [5.74, 6) is -0.0336. The fraction of sp³-hybridized carbons (Fsp3) is 0.515. The van der Waals surface area contributed by atoms with Crippen molar-refractivity contribution in [3.8, 4) is 34.8 Å². The largest absolute Gasteiger partial charge is 0.493 e. The number of hydrogen-bond acceptors (Lipinski definition) is 14. The number of nitrogens with zero attached hydrogens (tertiary/aromatic N) is 3. The van der Waals surface area contributed by atoms with E-state index in [0.29, 0.717) is 51.9 Å². The fourth-order valence-corrected chi connectivity index (χ4v) is 9.47. The Kier molecular flexibility index (Phi) is 7.99. The van der Waals surface area contributed by atoms with E-state index in [9.17, 15) is 19.6 Å². The van der Waals surface area contributed by atoms with Gasteiger partial charge < -0.3 is 33.2 Å². The molecule has 7 rings (SSSR count). The number of esters is 2. The zero-order valence-electron chi connectivity index (χ0n) is 26.9. The Balaban J connectivity index is 1.56. The Morgan fingerprint density at radius 2 is 1.85 bits per heavy atom. The number of cyclic esters (lactones) is 1. The highest BCUT2D eigenvalue weighted by molar-refractivity contribution is 8.00. The monoisotopic (exact) mass is 665 g/mol. The van der Waals surface area contributed by atoms with Crippen LogP contribution in [0.2, 0.25) is 0 Å². The van der Waals surface area contributed by atoms with Gasteiger partial charge in [-0.05, 0) is 38.4 Å². The van der Waals surface area contributed by atoms with Crippen LogP contribution in [0.5, 0.6) is 28.7 Å². The second-order valence-corrected chi connectivity index (χ2v) is 13.4. The van der Waals surface area contributed by atoms with Gasteiger partial charge >= 0.3 is 11.9 Å². The van der Waals surface area contributed by atoms with Crippen molar-refractivity contribution < 1.29 is 47.5 Å². The van der Waals surface area contributed by atoms with Crippen LogP contribution in [0.15, 0.2) is 6.07 Å². The number of ether oxygens (including phenoxy) is 7. The lowest BCUT2D eigenvalue weighted by atomic mass is 9.71. The summed E-state index contributed by atoms with van der Waals surface area (Å²) in [6.45, 7) is 4.77. The second-order valence-electron chi connectivity index (χ2n) is 12.3. The summed E-state index contributed by atoms with van der Waals surface area (Å²) < 4.78 is 41.1. The highest BCUT2D eigenvalue weighted by Crippen LogP contribution is 2.64. The van der Waals surface area contributed by atoms with Gasteiger partial charge in [0.25, 0.3) is 0 Å². The molecule has 248 valence electrons. The first-order chi connectivity index (χ1) is 22.6. The van der Waals surface area contributed by atoms with Crippen molar-refractivity contribution >= 4 is 29.5 Å². The van der Waals surface area contributed by atoms with E-state index in [1.807, 2.05) is 14.0 Å². The number of piperazine rings is 1. The molecule has 0 amide bonds. The smallest absolute Gasteiger partial charge is 0.375 e. The molecule has 47 heavy (non-hydrogen) atoms. The standard InChI is InChI=1S/C33H35N3O10S/c1-14-7-17-8-18-19(9-34)36-20-10-42-33(39)21(38)11-47-32(24-23(20)31-29(44-13-45-31)15(2)28(24)46-16(3)37)26(36)25(35(18)4)22(17)30(27(14)41-6)43-12-40-5/h7,18-20,25-26,32H,8,10-13H2,1-6H3/t18-,19-,20-,25+,26?,32+/m0/s1. The first-order valence-corrected chi connectivity index (χ1v) is 16.3. The Labute approximate surface area is 275 Å². The van der Waals surface area contributed by atoms with Crippen molar-refractivity contribution in [1.82, 2.24) is 9.80 Å². The number of methoxy groups -OCH3 is 2. The number of benzene rings is 2. The summed E-state index contributed by atoms with van der Waals surface area (Å²) in [6.07, 6.45) is 0.540. The van der Waals surface area contributed by atoms with Crippen LogP contribution in [0.4, 0.5) is 0 Å². The van der Waals surface area contributed by atoms with Crippen molar-refractivity contribution in [3.63, 3.8) is 0 Å². The van der Waals surface area contributed by atoms with E-state index in [1.54, 1.807) is 21.1 Å². The number of likely N-dealkylation sites (N-methyl/N-ethyl adjacent to an activating group) is 1. The Hall–Kier alpha value is -4.03. The van der Waals surface area contributed by atoms with Crippen LogP contribution in [-0.4, -0.2) is 92.9 Å². The molecule has 0 radical (unpaired) electrons. The van der Waals surface area contributed by atoms with Crippen molar-refractivity contribution in [1.29, 1.82) is 5.26 Å². The minimum Gasteiger partial charge on any atom is -0.493 e. The average Bonchev–Trinajstić information content (AvgIpc) is 3.53. The van der Waals surface area contributed by atoms with Gasteiger partial charge in [0.05, 0.1) is 36.3 Å². The minimum absolute atomic E-state index is 0.0192. The van der Waals surface area contributed by atoms with Crippen LogP contribution in [-0.2, 0) is 30.3 Å². The molecule has 0 spiro atoms. The third-order valence-corrected chi connectivity index (χ3v) is 11.1. The molecule has 4 bridgehead atoms. The molecule has 5 aliphatic heterocycles. The lowest BCUT2D eigenvalue weighted by Gasteiger charge is -2.61. The third-order valence-electron chi connectivity index (χ3n) is 9.84. The molecule has 2 aromatic rings. The number of Topliss-reactive ketones (excluding diaryl/α,β-unsaturated/α-hetero) is 1. The Bertz CT molecular complexity index is 1740. The van der Waals surface area contributed by atoms with Gasteiger partial charge in [-0.3, -0.25) is 19.4 Å². The van der Waals surface area contributed by atoms with Crippen LogP contribution >= 0.6 is 11.8 Å². The van der Waals surface area contributed by atoms with E-state index in [4.69, 9.17) is 33.2 Å². The quantitative estimate of drug-likeness (QED) is 0.200. The predicted octanol–water partition coefficient (Wildman–Crippen LogP) is 3.08. The van der Waals surface area contributed by atoms with E-state index in [-0.39, 0.29) is 32.0 Å². The molecule has 2 saturated heterocycles.